The molecular weight excluding hydrogens is 234 g/mol. The molecule has 1 heterocycles. The molecule has 2 aliphatic rings. The zero-order chi connectivity index (χ0) is 13.1. The highest BCUT2D eigenvalue weighted by atomic mass is 16.5. The minimum atomic E-state index is -0.927. The number of amides is 1. The first-order valence-corrected chi connectivity index (χ1v) is 6.38. The molecule has 0 aromatic carbocycles. The molecule has 0 bridgehead atoms. The first kappa shape index (κ1) is 13.1. The molecule has 1 amide bonds. The Morgan fingerprint density at radius 1 is 1.50 bits per heavy atom. The van der Waals surface area contributed by atoms with E-state index in [2.05, 4.69) is 0 Å². The first-order valence-electron chi connectivity index (χ1n) is 6.38. The molecule has 0 spiro atoms. The Kier molecular flexibility index (Phi) is 4.01. The average Bonchev–Trinajstić information content (AvgIpc) is 2.60. The topological polar surface area (TPSA) is 66.8 Å². The summed E-state index contributed by atoms with van der Waals surface area (Å²) in [6.07, 6.45) is 3.83. The van der Waals surface area contributed by atoms with Gasteiger partial charge in [-0.05, 0) is 24.8 Å². The van der Waals surface area contributed by atoms with Crippen LogP contribution in [-0.2, 0) is 14.3 Å². The molecule has 0 aromatic heterocycles. The number of carbonyl (C=O) groups excluding carboxylic acids is 1. The number of carbonyl (C=O) groups is 2. The van der Waals surface area contributed by atoms with Gasteiger partial charge in [0.25, 0.3) is 5.91 Å². The fourth-order valence-corrected chi connectivity index (χ4v) is 2.93. The van der Waals surface area contributed by atoms with E-state index in [-0.39, 0.29) is 18.4 Å². The largest absolute Gasteiger partial charge is 0.481 e. The lowest BCUT2D eigenvalue weighted by molar-refractivity contribution is -0.138. The van der Waals surface area contributed by atoms with Crippen molar-refractivity contribution < 1.29 is 19.4 Å². The van der Waals surface area contributed by atoms with Crippen LogP contribution in [0.1, 0.15) is 32.1 Å². The smallest absolute Gasteiger partial charge is 0.308 e. The number of aliphatic carboxylic acids is 1. The van der Waals surface area contributed by atoms with Crippen LogP contribution in [0.2, 0.25) is 0 Å². The summed E-state index contributed by atoms with van der Waals surface area (Å²) in [7, 11) is 1.61. The molecule has 18 heavy (non-hydrogen) atoms. The third kappa shape index (κ3) is 2.41. The highest BCUT2D eigenvalue weighted by molar-refractivity contribution is 6.01. The summed E-state index contributed by atoms with van der Waals surface area (Å²) in [6, 6.07) is 0.121. The number of rotatable bonds is 5. The van der Waals surface area contributed by atoms with E-state index in [1.165, 1.54) is 0 Å². The summed E-state index contributed by atoms with van der Waals surface area (Å²) in [4.78, 5) is 24.9. The second kappa shape index (κ2) is 5.52. The van der Waals surface area contributed by atoms with Gasteiger partial charge in [0.1, 0.15) is 0 Å². The maximum absolute atomic E-state index is 12.3. The molecular formula is C13H19NO4. The highest BCUT2D eigenvalue weighted by Crippen LogP contribution is 2.37. The van der Waals surface area contributed by atoms with Gasteiger partial charge in [-0.3, -0.25) is 9.59 Å². The third-order valence-corrected chi connectivity index (χ3v) is 3.72. The number of hydrogen-bond donors (Lipinski definition) is 1. The maximum atomic E-state index is 12.3. The number of carboxylic acids is 1. The Balaban J connectivity index is 2.20. The van der Waals surface area contributed by atoms with Gasteiger partial charge in [-0.2, -0.15) is 0 Å². The minimum absolute atomic E-state index is 0.101. The van der Waals surface area contributed by atoms with Gasteiger partial charge in [0.2, 0.25) is 0 Å². The van der Waals surface area contributed by atoms with E-state index in [1.807, 2.05) is 0 Å². The summed E-state index contributed by atoms with van der Waals surface area (Å²) < 4.78 is 5.02. The zero-order valence-corrected chi connectivity index (χ0v) is 10.6. The number of hydrogen-bond acceptors (Lipinski definition) is 3. The van der Waals surface area contributed by atoms with Gasteiger partial charge in [0.05, 0.1) is 19.1 Å². The highest BCUT2D eigenvalue weighted by Gasteiger charge is 2.39. The monoisotopic (exact) mass is 253 g/mol. The van der Waals surface area contributed by atoms with Crippen LogP contribution >= 0.6 is 0 Å². The number of ether oxygens (including phenoxy) is 1. The van der Waals surface area contributed by atoms with Crippen LogP contribution in [0, 0.1) is 0 Å². The van der Waals surface area contributed by atoms with Crippen LogP contribution in [-0.4, -0.2) is 48.2 Å². The van der Waals surface area contributed by atoms with E-state index in [0.29, 0.717) is 18.7 Å². The van der Waals surface area contributed by atoms with Crippen molar-refractivity contribution in [3.63, 3.8) is 0 Å². The van der Waals surface area contributed by atoms with Gasteiger partial charge in [-0.15, -0.1) is 0 Å². The molecule has 1 aliphatic heterocycles. The van der Waals surface area contributed by atoms with E-state index >= 15 is 0 Å². The Hall–Kier alpha value is -1.36. The van der Waals surface area contributed by atoms with Crippen molar-refractivity contribution in [1.29, 1.82) is 0 Å². The van der Waals surface area contributed by atoms with Gasteiger partial charge in [-0.1, -0.05) is 6.42 Å². The van der Waals surface area contributed by atoms with E-state index in [4.69, 9.17) is 9.84 Å². The molecule has 1 unspecified atom stereocenters. The lowest BCUT2D eigenvalue weighted by Gasteiger charge is -2.29. The summed E-state index contributed by atoms with van der Waals surface area (Å²) in [5, 5.41) is 8.91. The summed E-state index contributed by atoms with van der Waals surface area (Å²) in [5.41, 5.74) is 1.58. The van der Waals surface area contributed by atoms with Crippen LogP contribution in [0.3, 0.4) is 0 Å². The molecule has 1 atom stereocenters. The summed E-state index contributed by atoms with van der Waals surface area (Å²) in [6.45, 7) is 1.04. The van der Waals surface area contributed by atoms with E-state index in [1.54, 1.807) is 12.0 Å². The molecule has 100 valence electrons. The lowest BCUT2D eigenvalue weighted by Crippen LogP contribution is -2.39. The Morgan fingerprint density at radius 3 is 2.94 bits per heavy atom. The Labute approximate surface area is 106 Å². The fraction of sp³-hybridized carbons (Fsp3) is 0.692. The molecule has 5 heteroatoms. The van der Waals surface area contributed by atoms with Gasteiger partial charge in [0, 0.05) is 19.2 Å². The SMILES string of the molecule is COCCN1C(=O)C(CC(=O)O)=C2CCCCC21. The predicted octanol–water partition coefficient (Wildman–Crippen LogP) is 1.19. The van der Waals surface area contributed by atoms with Crippen molar-refractivity contribution in [2.75, 3.05) is 20.3 Å². The second-order valence-electron chi connectivity index (χ2n) is 4.83. The number of fused-ring (bicyclic) bond motifs is 1. The van der Waals surface area contributed by atoms with Crippen LogP contribution in [0.5, 0.6) is 0 Å². The van der Waals surface area contributed by atoms with Crippen molar-refractivity contribution in [3.8, 4) is 0 Å². The summed E-state index contributed by atoms with van der Waals surface area (Å²) >= 11 is 0. The van der Waals surface area contributed by atoms with Crippen LogP contribution in [0.4, 0.5) is 0 Å². The van der Waals surface area contributed by atoms with E-state index in [0.717, 1.165) is 31.3 Å². The average molecular weight is 253 g/mol. The predicted molar refractivity (Wildman–Crippen MR) is 65.1 cm³/mol. The van der Waals surface area contributed by atoms with E-state index < -0.39 is 5.97 Å². The maximum Gasteiger partial charge on any atom is 0.308 e. The Morgan fingerprint density at radius 2 is 2.28 bits per heavy atom. The van der Waals surface area contributed by atoms with Gasteiger partial charge in [0.15, 0.2) is 0 Å². The molecule has 2 rings (SSSR count). The number of methoxy groups -OCH3 is 1. The molecule has 1 N–H and O–H groups in total. The minimum Gasteiger partial charge on any atom is -0.481 e. The lowest BCUT2D eigenvalue weighted by atomic mass is 9.88. The van der Waals surface area contributed by atoms with Crippen molar-refractivity contribution in [3.05, 3.63) is 11.1 Å². The third-order valence-electron chi connectivity index (χ3n) is 3.72. The first-order chi connectivity index (χ1) is 8.65. The Bertz CT molecular complexity index is 388. The molecule has 1 aliphatic carbocycles. The van der Waals surface area contributed by atoms with Crippen LogP contribution < -0.4 is 0 Å². The van der Waals surface area contributed by atoms with Gasteiger partial charge < -0.3 is 14.7 Å². The van der Waals surface area contributed by atoms with E-state index in [9.17, 15) is 9.59 Å². The zero-order valence-electron chi connectivity index (χ0n) is 10.6. The van der Waals surface area contributed by atoms with Crippen molar-refractivity contribution >= 4 is 11.9 Å². The van der Waals surface area contributed by atoms with Crippen LogP contribution in [0.25, 0.3) is 0 Å². The number of carboxylic acid groups (broad SMARTS) is 1. The molecule has 1 fully saturated rings. The standard InChI is InChI=1S/C13H19NO4/c1-18-7-6-14-11-5-3-2-4-9(11)10(13(14)17)8-12(15)16/h11H,2-8H2,1H3,(H,15,16). The van der Waals surface area contributed by atoms with Gasteiger partial charge in [-0.25, -0.2) is 0 Å². The van der Waals surface area contributed by atoms with Gasteiger partial charge >= 0.3 is 5.97 Å². The quantitative estimate of drug-likeness (QED) is 0.799. The van der Waals surface area contributed by atoms with Crippen molar-refractivity contribution in [2.45, 2.75) is 38.1 Å². The summed E-state index contributed by atoms with van der Waals surface area (Å²) in [5.74, 6) is -1.03. The molecule has 0 aromatic rings. The van der Waals surface area contributed by atoms with Crippen molar-refractivity contribution in [2.24, 2.45) is 0 Å². The fourth-order valence-electron chi connectivity index (χ4n) is 2.93. The molecule has 1 saturated carbocycles. The normalized spacial score (nSPS) is 23.5. The molecule has 0 radical (unpaired) electrons. The number of nitrogens with zero attached hydrogens (tertiary/aromatic N) is 1. The molecule has 5 nitrogen and oxygen atoms in total. The molecule has 0 saturated heterocycles. The van der Waals surface area contributed by atoms with Crippen molar-refractivity contribution in [1.82, 2.24) is 4.90 Å². The van der Waals surface area contributed by atoms with Crippen LogP contribution in [0.15, 0.2) is 11.1 Å². The second-order valence-corrected chi connectivity index (χ2v) is 4.83.